The molecule has 0 radical (unpaired) electrons. The molecule has 0 saturated carbocycles. The average molecular weight is 230 g/mol. The number of carbonyl (C=O) groups excluding carboxylic acids is 2. The second-order valence-corrected chi connectivity index (χ2v) is 3.09. The number of hydrogen-bond donors (Lipinski definition) is 0. The van der Waals surface area contributed by atoms with E-state index < -0.39 is 12.1 Å². The Labute approximate surface area is 95.4 Å². The zero-order valence-electron chi connectivity index (χ0n) is 9.73. The molecule has 0 aliphatic carbocycles. The van der Waals surface area contributed by atoms with E-state index in [1.165, 1.54) is 6.92 Å². The molecule has 0 aromatic heterocycles. The summed E-state index contributed by atoms with van der Waals surface area (Å²) in [5, 5.41) is 0. The second kappa shape index (κ2) is 8.91. The number of hydrogen-bond acceptors (Lipinski definition) is 5. The van der Waals surface area contributed by atoms with Gasteiger partial charge in [-0.25, -0.2) is 0 Å². The molecule has 5 nitrogen and oxygen atoms in total. The molecule has 1 atom stereocenters. The third-order valence-corrected chi connectivity index (χ3v) is 1.60. The van der Waals surface area contributed by atoms with E-state index in [0.717, 1.165) is 0 Å². The van der Waals surface area contributed by atoms with Crippen molar-refractivity contribution in [2.24, 2.45) is 0 Å². The first-order valence-electron chi connectivity index (χ1n) is 5.11. The number of esters is 2. The zero-order valence-corrected chi connectivity index (χ0v) is 9.73. The fourth-order valence-electron chi connectivity index (χ4n) is 0.879. The van der Waals surface area contributed by atoms with E-state index >= 15 is 0 Å². The normalized spacial score (nSPS) is 11.6. The highest BCUT2D eigenvalue weighted by Crippen LogP contribution is 1.99. The minimum absolute atomic E-state index is 0.0121. The van der Waals surface area contributed by atoms with E-state index in [9.17, 15) is 9.59 Å². The van der Waals surface area contributed by atoms with E-state index in [1.807, 2.05) is 0 Å². The summed E-state index contributed by atoms with van der Waals surface area (Å²) >= 11 is 0. The van der Waals surface area contributed by atoms with Gasteiger partial charge in [-0.1, -0.05) is 13.0 Å². The van der Waals surface area contributed by atoms with Crippen molar-refractivity contribution >= 4 is 11.9 Å². The molecule has 0 aromatic carbocycles. The van der Waals surface area contributed by atoms with E-state index in [0.29, 0.717) is 6.61 Å². The Morgan fingerprint density at radius 2 is 2.06 bits per heavy atom. The fourth-order valence-corrected chi connectivity index (χ4v) is 0.879. The summed E-state index contributed by atoms with van der Waals surface area (Å²) in [7, 11) is 0. The number of carbonyl (C=O) groups is 2. The summed E-state index contributed by atoms with van der Waals surface area (Å²) in [5.74, 6) is -0.763. The number of ether oxygens (including phenoxy) is 3. The molecule has 0 heterocycles. The molecule has 0 rings (SSSR count). The molecular weight excluding hydrogens is 212 g/mol. The third-order valence-electron chi connectivity index (χ3n) is 1.60. The Hall–Kier alpha value is -1.36. The van der Waals surface area contributed by atoms with E-state index in [-0.39, 0.29) is 25.6 Å². The van der Waals surface area contributed by atoms with Crippen molar-refractivity contribution in [3.63, 3.8) is 0 Å². The van der Waals surface area contributed by atoms with Gasteiger partial charge in [0.05, 0.1) is 13.2 Å². The second-order valence-electron chi connectivity index (χ2n) is 3.09. The van der Waals surface area contributed by atoms with Crippen molar-refractivity contribution in [1.82, 2.24) is 0 Å². The average Bonchev–Trinajstić information content (AvgIpc) is 2.25. The molecule has 0 saturated heterocycles. The predicted octanol–water partition coefficient (Wildman–Crippen LogP) is 1.07. The van der Waals surface area contributed by atoms with Gasteiger partial charge in [0.1, 0.15) is 6.61 Å². The SMILES string of the molecule is C=CCOCC(COC(C)=O)OC(=O)CC. The van der Waals surface area contributed by atoms with Crippen LogP contribution in [0.15, 0.2) is 12.7 Å². The van der Waals surface area contributed by atoms with Crippen LogP contribution in [0.1, 0.15) is 20.3 Å². The smallest absolute Gasteiger partial charge is 0.305 e. The minimum Gasteiger partial charge on any atom is -0.462 e. The van der Waals surface area contributed by atoms with Crippen LogP contribution in [-0.2, 0) is 23.8 Å². The quantitative estimate of drug-likeness (QED) is 0.354. The zero-order chi connectivity index (χ0) is 12.4. The molecule has 92 valence electrons. The molecule has 5 heteroatoms. The Balaban J connectivity index is 3.98. The van der Waals surface area contributed by atoms with Crippen molar-refractivity contribution in [1.29, 1.82) is 0 Å². The Bertz CT molecular complexity index is 237. The van der Waals surface area contributed by atoms with Gasteiger partial charge in [0.25, 0.3) is 0 Å². The van der Waals surface area contributed by atoms with Crippen LogP contribution in [0.5, 0.6) is 0 Å². The highest BCUT2D eigenvalue weighted by Gasteiger charge is 2.15. The summed E-state index contributed by atoms with van der Waals surface area (Å²) in [5.41, 5.74) is 0. The lowest BCUT2D eigenvalue weighted by Gasteiger charge is -2.16. The van der Waals surface area contributed by atoms with Crippen LogP contribution in [0.4, 0.5) is 0 Å². The van der Waals surface area contributed by atoms with Gasteiger partial charge in [-0.2, -0.15) is 0 Å². The summed E-state index contributed by atoms with van der Waals surface area (Å²) < 4.78 is 14.9. The van der Waals surface area contributed by atoms with Gasteiger partial charge in [-0.15, -0.1) is 6.58 Å². The summed E-state index contributed by atoms with van der Waals surface area (Å²) in [6, 6.07) is 0. The van der Waals surface area contributed by atoms with Gasteiger partial charge in [0.2, 0.25) is 0 Å². The summed E-state index contributed by atoms with van der Waals surface area (Å²) in [6.45, 7) is 7.04. The lowest BCUT2D eigenvalue weighted by atomic mass is 10.4. The topological polar surface area (TPSA) is 61.8 Å². The van der Waals surface area contributed by atoms with Gasteiger partial charge in [-0.3, -0.25) is 9.59 Å². The van der Waals surface area contributed by atoms with Crippen LogP contribution in [0, 0.1) is 0 Å². The monoisotopic (exact) mass is 230 g/mol. The first-order chi connectivity index (χ1) is 7.60. The lowest BCUT2D eigenvalue weighted by Crippen LogP contribution is -2.29. The molecule has 0 N–H and O–H groups in total. The van der Waals surface area contributed by atoms with Crippen LogP contribution < -0.4 is 0 Å². The molecule has 0 fully saturated rings. The van der Waals surface area contributed by atoms with E-state index in [4.69, 9.17) is 14.2 Å². The van der Waals surface area contributed by atoms with Gasteiger partial charge in [-0.05, 0) is 0 Å². The highest BCUT2D eigenvalue weighted by atomic mass is 16.6. The van der Waals surface area contributed by atoms with E-state index in [1.54, 1.807) is 13.0 Å². The maximum atomic E-state index is 11.1. The molecule has 1 unspecified atom stereocenters. The van der Waals surface area contributed by atoms with Gasteiger partial charge in [0, 0.05) is 13.3 Å². The minimum atomic E-state index is -0.559. The van der Waals surface area contributed by atoms with Crippen LogP contribution in [-0.4, -0.2) is 37.9 Å². The molecule has 0 spiro atoms. The van der Waals surface area contributed by atoms with Gasteiger partial charge >= 0.3 is 11.9 Å². The number of rotatable bonds is 8. The fraction of sp³-hybridized carbons (Fsp3) is 0.636. The first kappa shape index (κ1) is 14.6. The predicted molar refractivity (Wildman–Crippen MR) is 57.8 cm³/mol. The molecule has 0 aliphatic rings. The lowest BCUT2D eigenvalue weighted by molar-refractivity contribution is -0.161. The highest BCUT2D eigenvalue weighted by molar-refractivity contribution is 5.69. The van der Waals surface area contributed by atoms with Crippen molar-refractivity contribution < 1.29 is 23.8 Å². The maximum Gasteiger partial charge on any atom is 0.305 e. The maximum absolute atomic E-state index is 11.1. The van der Waals surface area contributed by atoms with Gasteiger partial charge < -0.3 is 14.2 Å². The van der Waals surface area contributed by atoms with Gasteiger partial charge in [0.15, 0.2) is 6.10 Å². The molecule has 0 aliphatic heterocycles. The molecule has 0 bridgehead atoms. The van der Waals surface area contributed by atoms with Crippen molar-refractivity contribution in [3.8, 4) is 0 Å². The first-order valence-corrected chi connectivity index (χ1v) is 5.11. The van der Waals surface area contributed by atoms with Crippen LogP contribution in [0.2, 0.25) is 0 Å². The van der Waals surface area contributed by atoms with Crippen LogP contribution in [0.3, 0.4) is 0 Å². The summed E-state index contributed by atoms with van der Waals surface area (Å²) in [6.07, 6.45) is 1.30. The summed E-state index contributed by atoms with van der Waals surface area (Å²) in [4.78, 5) is 21.7. The molecular formula is C11H18O5. The van der Waals surface area contributed by atoms with Crippen LogP contribution >= 0.6 is 0 Å². The molecule has 0 aromatic rings. The molecule has 16 heavy (non-hydrogen) atoms. The largest absolute Gasteiger partial charge is 0.462 e. The molecule has 0 amide bonds. The standard InChI is InChI=1S/C11H18O5/c1-4-6-14-7-10(8-15-9(3)12)16-11(13)5-2/h4,10H,1,5-8H2,2-3H3. The van der Waals surface area contributed by atoms with Crippen molar-refractivity contribution in [3.05, 3.63) is 12.7 Å². The third kappa shape index (κ3) is 7.99. The van der Waals surface area contributed by atoms with Crippen molar-refractivity contribution in [2.75, 3.05) is 19.8 Å². The Kier molecular flexibility index (Phi) is 8.15. The Morgan fingerprint density at radius 1 is 1.38 bits per heavy atom. The van der Waals surface area contributed by atoms with E-state index in [2.05, 4.69) is 6.58 Å². The van der Waals surface area contributed by atoms with Crippen LogP contribution in [0.25, 0.3) is 0 Å². The Morgan fingerprint density at radius 3 is 2.56 bits per heavy atom. The van der Waals surface area contributed by atoms with Crippen molar-refractivity contribution in [2.45, 2.75) is 26.4 Å².